The van der Waals surface area contributed by atoms with Gasteiger partial charge in [-0.15, -0.1) is 0 Å². The predicted octanol–water partition coefficient (Wildman–Crippen LogP) is 3.45. The lowest BCUT2D eigenvalue weighted by atomic mass is 10.0. The summed E-state index contributed by atoms with van der Waals surface area (Å²) in [7, 11) is 0. The zero-order chi connectivity index (χ0) is 15.0. The molecular formula is C17H14O4. The van der Waals surface area contributed by atoms with Crippen LogP contribution in [0.2, 0.25) is 0 Å². The fourth-order valence-electron chi connectivity index (χ4n) is 2.28. The summed E-state index contributed by atoms with van der Waals surface area (Å²) in [5.41, 5.74) is 2.81. The third-order valence-electron chi connectivity index (χ3n) is 3.27. The van der Waals surface area contributed by atoms with E-state index in [4.69, 9.17) is 9.47 Å². The molecule has 2 aromatic carbocycles. The van der Waals surface area contributed by atoms with E-state index in [9.17, 15) is 9.59 Å². The van der Waals surface area contributed by atoms with Crippen molar-refractivity contribution in [2.45, 2.75) is 19.6 Å². The quantitative estimate of drug-likeness (QED) is 0.625. The molecular weight excluding hydrogens is 268 g/mol. The topological polar surface area (TPSA) is 52.6 Å². The molecule has 0 radical (unpaired) electrons. The van der Waals surface area contributed by atoms with Crippen molar-refractivity contribution in [2.24, 2.45) is 0 Å². The summed E-state index contributed by atoms with van der Waals surface area (Å²) in [4.78, 5) is 22.7. The summed E-state index contributed by atoms with van der Waals surface area (Å²) in [6, 6.07) is 12.5. The average Bonchev–Trinajstić information content (AvgIpc) is 2.46. The Balaban J connectivity index is 2.01. The highest BCUT2D eigenvalue weighted by Crippen LogP contribution is 2.34. The van der Waals surface area contributed by atoms with E-state index < -0.39 is 11.8 Å². The molecule has 1 heterocycles. The molecule has 1 aliphatic rings. The number of carbonyl (C=O) groups is 2. The monoisotopic (exact) mass is 282 g/mol. The lowest BCUT2D eigenvalue weighted by Gasteiger charge is -2.31. The smallest absolute Gasteiger partial charge is 0.345 e. The molecule has 0 aromatic heterocycles. The first-order valence-electron chi connectivity index (χ1n) is 6.60. The van der Waals surface area contributed by atoms with Crippen LogP contribution in [0.1, 0.15) is 34.6 Å². The molecule has 0 fully saturated rings. The van der Waals surface area contributed by atoms with Crippen LogP contribution >= 0.6 is 0 Å². The van der Waals surface area contributed by atoms with Gasteiger partial charge in [0.05, 0.1) is 0 Å². The van der Waals surface area contributed by atoms with Gasteiger partial charge >= 0.3 is 5.97 Å². The average molecular weight is 282 g/mol. The number of fused-ring (bicyclic) bond motifs is 1. The minimum atomic E-state index is -0.947. The van der Waals surface area contributed by atoms with Gasteiger partial charge in [0.1, 0.15) is 17.6 Å². The molecule has 0 spiro atoms. The van der Waals surface area contributed by atoms with Gasteiger partial charge in [0.25, 0.3) is 0 Å². The zero-order valence-corrected chi connectivity index (χ0v) is 11.8. The van der Waals surface area contributed by atoms with Crippen LogP contribution in [0.3, 0.4) is 0 Å². The van der Waals surface area contributed by atoms with Gasteiger partial charge in [0, 0.05) is 19.4 Å². The number of benzene rings is 2. The lowest BCUT2D eigenvalue weighted by molar-refractivity contribution is -0.127. The molecule has 0 bridgehead atoms. The zero-order valence-electron chi connectivity index (χ0n) is 11.8. The van der Waals surface area contributed by atoms with Gasteiger partial charge < -0.3 is 9.47 Å². The summed E-state index contributed by atoms with van der Waals surface area (Å²) < 4.78 is 10.8. The van der Waals surface area contributed by atoms with Crippen LogP contribution in [0, 0.1) is 0 Å². The maximum Gasteiger partial charge on any atom is 0.345 e. The molecule has 21 heavy (non-hydrogen) atoms. The minimum Gasteiger partial charge on any atom is -0.452 e. The SMILES string of the molecule is CC1(C)OC(=O)c2cc(-c3ccc(C=O)cc3)ccc2O1. The van der Waals surface area contributed by atoms with Crippen molar-refractivity contribution < 1.29 is 19.1 Å². The molecule has 4 nitrogen and oxygen atoms in total. The van der Waals surface area contributed by atoms with Crippen molar-refractivity contribution in [2.75, 3.05) is 0 Å². The summed E-state index contributed by atoms with van der Waals surface area (Å²) in [6.45, 7) is 3.39. The van der Waals surface area contributed by atoms with E-state index in [1.54, 1.807) is 38.1 Å². The number of aldehydes is 1. The highest BCUT2D eigenvalue weighted by molar-refractivity contribution is 5.95. The van der Waals surface area contributed by atoms with Crippen LogP contribution in [-0.2, 0) is 4.74 Å². The predicted molar refractivity (Wildman–Crippen MR) is 77.4 cm³/mol. The van der Waals surface area contributed by atoms with Crippen LogP contribution in [0.25, 0.3) is 11.1 Å². The van der Waals surface area contributed by atoms with Crippen LogP contribution in [0.4, 0.5) is 0 Å². The van der Waals surface area contributed by atoms with Crippen LogP contribution in [-0.4, -0.2) is 18.0 Å². The molecule has 106 valence electrons. The maximum absolute atomic E-state index is 12.0. The van der Waals surface area contributed by atoms with Crippen LogP contribution < -0.4 is 4.74 Å². The highest BCUT2D eigenvalue weighted by Gasteiger charge is 2.33. The van der Waals surface area contributed by atoms with Gasteiger partial charge in [-0.2, -0.15) is 0 Å². The molecule has 0 amide bonds. The Hall–Kier alpha value is -2.62. The molecule has 4 heteroatoms. The molecule has 0 unspecified atom stereocenters. The van der Waals surface area contributed by atoms with Crippen molar-refractivity contribution in [1.82, 2.24) is 0 Å². The number of carbonyl (C=O) groups excluding carboxylic acids is 2. The number of hydrogen-bond donors (Lipinski definition) is 0. The molecule has 3 rings (SSSR count). The van der Waals surface area contributed by atoms with Gasteiger partial charge in [-0.3, -0.25) is 4.79 Å². The van der Waals surface area contributed by atoms with E-state index in [1.807, 2.05) is 18.2 Å². The molecule has 0 saturated heterocycles. The molecule has 0 atom stereocenters. The van der Waals surface area contributed by atoms with Crippen molar-refractivity contribution in [3.63, 3.8) is 0 Å². The Morgan fingerprint density at radius 1 is 0.952 bits per heavy atom. The molecule has 0 N–H and O–H groups in total. The molecule has 1 aliphatic heterocycles. The van der Waals surface area contributed by atoms with Gasteiger partial charge in [0.15, 0.2) is 0 Å². The highest BCUT2D eigenvalue weighted by atomic mass is 16.7. The summed E-state index contributed by atoms with van der Waals surface area (Å²) in [6.07, 6.45) is 0.796. The molecule has 0 aliphatic carbocycles. The Kier molecular flexibility index (Phi) is 3.01. The van der Waals surface area contributed by atoms with E-state index in [2.05, 4.69) is 0 Å². The fraction of sp³-hybridized carbons (Fsp3) is 0.176. The summed E-state index contributed by atoms with van der Waals surface area (Å²) in [5, 5.41) is 0. The first kappa shape index (κ1) is 13.4. The maximum atomic E-state index is 12.0. The second kappa shape index (κ2) is 4.74. The number of hydrogen-bond acceptors (Lipinski definition) is 4. The van der Waals surface area contributed by atoms with E-state index >= 15 is 0 Å². The van der Waals surface area contributed by atoms with Gasteiger partial charge in [-0.1, -0.05) is 30.3 Å². The van der Waals surface area contributed by atoms with Crippen molar-refractivity contribution in [3.05, 3.63) is 53.6 Å². The van der Waals surface area contributed by atoms with E-state index in [0.29, 0.717) is 16.9 Å². The van der Waals surface area contributed by atoms with Crippen LogP contribution in [0.15, 0.2) is 42.5 Å². The second-order valence-corrected chi connectivity index (χ2v) is 5.34. The lowest BCUT2D eigenvalue weighted by Crippen LogP contribution is -2.38. The Morgan fingerprint density at radius 3 is 2.29 bits per heavy atom. The van der Waals surface area contributed by atoms with Crippen LogP contribution in [0.5, 0.6) is 5.75 Å². The van der Waals surface area contributed by atoms with Gasteiger partial charge in [-0.05, 0) is 23.3 Å². The third-order valence-corrected chi connectivity index (χ3v) is 3.27. The third kappa shape index (κ3) is 2.52. The normalized spacial score (nSPS) is 15.6. The largest absolute Gasteiger partial charge is 0.452 e. The minimum absolute atomic E-state index is 0.396. The van der Waals surface area contributed by atoms with E-state index in [-0.39, 0.29) is 0 Å². The molecule has 0 saturated carbocycles. The number of esters is 1. The molecule has 2 aromatic rings. The van der Waals surface area contributed by atoms with Crippen molar-refractivity contribution >= 4 is 12.3 Å². The Labute approximate surface area is 122 Å². The Morgan fingerprint density at radius 2 is 1.62 bits per heavy atom. The van der Waals surface area contributed by atoms with Crippen molar-refractivity contribution in [1.29, 1.82) is 0 Å². The number of cyclic esters (lactones) is 1. The number of rotatable bonds is 2. The second-order valence-electron chi connectivity index (χ2n) is 5.34. The summed E-state index contributed by atoms with van der Waals surface area (Å²) in [5.74, 6) is -0.825. The van der Waals surface area contributed by atoms with E-state index in [1.165, 1.54) is 0 Å². The number of ether oxygens (including phenoxy) is 2. The Bertz CT molecular complexity index is 714. The standard InChI is InChI=1S/C17H14O4/c1-17(2)20-15-8-7-13(9-14(15)16(19)21-17)12-5-3-11(10-18)4-6-12/h3-10H,1-2H3. The van der Waals surface area contributed by atoms with Crippen molar-refractivity contribution in [3.8, 4) is 16.9 Å². The van der Waals surface area contributed by atoms with Gasteiger partial charge in [-0.25, -0.2) is 4.79 Å². The van der Waals surface area contributed by atoms with Gasteiger partial charge in [0.2, 0.25) is 5.79 Å². The first-order valence-corrected chi connectivity index (χ1v) is 6.60. The first-order chi connectivity index (χ1) is 9.98. The summed E-state index contributed by atoms with van der Waals surface area (Å²) >= 11 is 0. The van der Waals surface area contributed by atoms with E-state index in [0.717, 1.165) is 17.4 Å². The fourth-order valence-corrected chi connectivity index (χ4v) is 2.28.